The first-order valence-electron chi connectivity index (χ1n) is 5.37. The summed E-state index contributed by atoms with van der Waals surface area (Å²) in [6, 6.07) is 6.87. The summed E-state index contributed by atoms with van der Waals surface area (Å²) in [6.45, 7) is 2.73. The van der Waals surface area contributed by atoms with Crippen LogP contribution in [0.4, 0.5) is 0 Å². The lowest BCUT2D eigenvalue weighted by Gasteiger charge is -2.19. The topological polar surface area (TPSA) is 42.1 Å². The molecule has 1 aromatic carbocycles. The quantitative estimate of drug-likeness (QED) is 0.888. The predicted octanol–water partition coefficient (Wildman–Crippen LogP) is 2.38. The van der Waals surface area contributed by atoms with Crippen molar-refractivity contribution in [1.82, 2.24) is 9.88 Å². The van der Waals surface area contributed by atoms with Gasteiger partial charge in [-0.25, -0.2) is 4.98 Å². The van der Waals surface area contributed by atoms with Crippen molar-refractivity contribution in [3.8, 4) is 0 Å². The molecular weight excluding hydrogens is 218 g/mol. The molecule has 0 fully saturated rings. The van der Waals surface area contributed by atoms with Crippen LogP contribution in [0.25, 0.3) is 10.2 Å². The third-order valence-corrected chi connectivity index (χ3v) is 3.93. The SMILES string of the molecule is CC(c1ccc2nc(CN)sc2c1)N(C)C. The molecule has 0 spiro atoms. The van der Waals surface area contributed by atoms with Gasteiger partial charge in [0.25, 0.3) is 0 Å². The molecule has 1 heterocycles. The number of aromatic nitrogens is 1. The second-order valence-electron chi connectivity index (χ2n) is 4.18. The summed E-state index contributed by atoms with van der Waals surface area (Å²) in [5.74, 6) is 0. The van der Waals surface area contributed by atoms with E-state index >= 15 is 0 Å². The largest absolute Gasteiger partial charge is 0.325 e. The molecule has 3 nitrogen and oxygen atoms in total. The fourth-order valence-electron chi connectivity index (χ4n) is 1.63. The highest BCUT2D eigenvalue weighted by atomic mass is 32.1. The van der Waals surface area contributed by atoms with Crippen LogP contribution in [0.3, 0.4) is 0 Å². The summed E-state index contributed by atoms with van der Waals surface area (Å²) in [5.41, 5.74) is 7.98. The molecule has 1 aromatic heterocycles. The maximum Gasteiger partial charge on any atom is 0.107 e. The van der Waals surface area contributed by atoms with Crippen molar-refractivity contribution in [2.24, 2.45) is 5.73 Å². The molecule has 0 aliphatic heterocycles. The maximum atomic E-state index is 5.60. The van der Waals surface area contributed by atoms with E-state index in [1.807, 2.05) is 0 Å². The van der Waals surface area contributed by atoms with Crippen LogP contribution < -0.4 is 5.73 Å². The lowest BCUT2D eigenvalue weighted by atomic mass is 10.1. The minimum absolute atomic E-state index is 0.424. The van der Waals surface area contributed by atoms with Crippen molar-refractivity contribution in [1.29, 1.82) is 0 Å². The van der Waals surface area contributed by atoms with Gasteiger partial charge >= 0.3 is 0 Å². The molecule has 0 aliphatic rings. The van der Waals surface area contributed by atoms with Crippen LogP contribution in [0, 0.1) is 0 Å². The van der Waals surface area contributed by atoms with Crippen LogP contribution in [0.2, 0.25) is 0 Å². The molecule has 16 heavy (non-hydrogen) atoms. The number of hydrogen-bond acceptors (Lipinski definition) is 4. The number of hydrogen-bond donors (Lipinski definition) is 1. The summed E-state index contributed by atoms with van der Waals surface area (Å²) >= 11 is 1.69. The third-order valence-electron chi connectivity index (χ3n) is 2.89. The van der Waals surface area contributed by atoms with E-state index in [1.54, 1.807) is 11.3 Å². The molecule has 2 aromatic rings. The highest BCUT2D eigenvalue weighted by Gasteiger charge is 2.10. The molecule has 0 amide bonds. The fourth-order valence-corrected chi connectivity index (χ4v) is 2.53. The Morgan fingerprint density at radius 2 is 2.19 bits per heavy atom. The van der Waals surface area contributed by atoms with Gasteiger partial charge < -0.3 is 10.6 Å². The zero-order valence-corrected chi connectivity index (χ0v) is 10.7. The van der Waals surface area contributed by atoms with Crippen LogP contribution in [-0.4, -0.2) is 24.0 Å². The fraction of sp³-hybridized carbons (Fsp3) is 0.417. The average Bonchev–Trinajstić information content (AvgIpc) is 2.69. The van der Waals surface area contributed by atoms with Crippen molar-refractivity contribution in [2.75, 3.05) is 14.1 Å². The third kappa shape index (κ3) is 2.09. The minimum Gasteiger partial charge on any atom is -0.325 e. The van der Waals surface area contributed by atoms with Gasteiger partial charge in [-0.2, -0.15) is 0 Å². The molecule has 2 N–H and O–H groups in total. The standard InChI is InChI=1S/C12H17N3S/c1-8(15(2)3)9-4-5-10-11(6-9)16-12(7-13)14-10/h4-6,8H,7,13H2,1-3H3. The summed E-state index contributed by atoms with van der Waals surface area (Å²) in [7, 11) is 4.18. The monoisotopic (exact) mass is 235 g/mol. The second kappa shape index (κ2) is 4.49. The maximum absolute atomic E-state index is 5.60. The van der Waals surface area contributed by atoms with Gasteiger partial charge in [0.1, 0.15) is 5.01 Å². The summed E-state index contributed by atoms with van der Waals surface area (Å²) in [6.07, 6.45) is 0. The van der Waals surface area contributed by atoms with Crippen LogP contribution in [0.1, 0.15) is 23.5 Å². The number of benzene rings is 1. The first-order valence-corrected chi connectivity index (χ1v) is 6.19. The van der Waals surface area contributed by atoms with Gasteiger partial charge in [-0.05, 0) is 38.7 Å². The van der Waals surface area contributed by atoms with E-state index in [0.29, 0.717) is 12.6 Å². The molecule has 2 rings (SSSR count). The molecule has 4 heteroatoms. The van der Waals surface area contributed by atoms with E-state index in [4.69, 9.17) is 5.73 Å². The summed E-state index contributed by atoms with van der Waals surface area (Å²) < 4.78 is 1.23. The first-order chi connectivity index (χ1) is 7.61. The van der Waals surface area contributed by atoms with Crippen molar-refractivity contribution < 1.29 is 0 Å². The zero-order valence-electron chi connectivity index (χ0n) is 9.90. The Balaban J connectivity index is 2.43. The Bertz CT molecular complexity index is 490. The Kier molecular flexibility index (Phi) is 3.23. The molecule has 0 aliphatic carbocycles. The van der Waals surface area contributed by atoms with Gasteiger partial charge in [0.2, 0.25) is 0 Å². The summed E-state index contributed by atoms with van der Waals surface area (Å²) in [5, 5.41) is 1.00. The van der Waals surface area contributed by atoms with Crippen LogP contribution in [-0.2, 0) is 6.54 Å². The molecule has 0 bridgehead atoms. The Morgan fingerprint density at radius 1 is 1.44 bits per heavy atom. The Labute approximate surface area is 99.9 Å². The van der Waals surface area contributed by atoms with Crippen molar-refractivity contribution in [2.45, 2.75) is 19.5 Å². The Hall–Kier alpha value is -0.970. The lowest BCUT2D eigenvalue weighted by molar-refractivity contribution is 0.321. The van der Waals surface area contributed by atoms with Crippen LogP contribution in [0.5, 0.6) is 0 Å². The van der Waals surface area contributed by atoms with Gasteiger partial charge in [0, 0.05) is 12.6 Å². The number of fused-ring (bicyclic) bond motifs is 1. The van der Waals surface area contributed by atoms with Gasteiger partial charge in [-0.15, -0.1) is 11.3 Å². The second-order valence-corrected chi connectivity index (χ2v) is 5.29. The molecule has 1 atom stereocenters. The predicted molar refractivity (Wildman–Crippen MR) is 69.6 cm³/mol. The molecule has 0 radical (unpaired) electrons. The first kappa shape index (κ1) is 11.5. The normalized spacial score (nSPS) is 13.6. The van der Waals surface area contributed by atoms with Crippen LogP contribution >= 0.6 is 11.3 Å². The zero-order chi connectivity index (χ0) is 11.7. The molecule has 1 unspecified atom stereocenters. The number of nitrogens with zero attached hydrogens (tertiary/aromatic N) is 2. The van der Waals surface area contributed by atoms with E-state index in [1.165, 1.54) is 10.3 Å². The number of rotatable bonds is 3. The van der Waals surface area contributed by atoms with Crippen molar-refractivity contribution >= 4 is 21.6 Å². The summed E-state index contributed by atoms with van der Waals surface area (Å²) in [4.78, 5) is 6.66. The number of thiazole rings is 1. The van der Waals surface area contributed by atoms with Gasteiger partial charge in [-0.1, -0.05) is 6.07 Å². The van der Waals surface area contributed by atoms with Gasteiger partial charge in [-0.3, -0.25) is 0 Å². The minimum atomic E-state index is 0.424. The average molecular weight is 235 g/mol. The molecular formula is C12H17N3S. The van der Waals surface area contributed by atoms with Crippen molar-refractivity contribution in [3.05, 3.63) is 28.8 Å². The highest BCUT2D eigenvalue weighted by molar-refractivity contribution is 7.18. The number of nitrogens with two attached hydrogens (primary N) is 1. The lowest BCUT2D eigenvalue weighted by Crippen LogP contribution is -2.16. The van der Waals surface area contributed by atoms with Crippen molar-refractivity contribution in [3.63, 3.8) is 0 Å². The van der Waals surface area contributed by atoms with Gasteiger partial charge in [0.05, 0.1) is 10.2 Å². The Morgan fingerprint density at radius 3 is 2.81 bits per heavy atom. The van der Waals surface area contributed by atoms with Gasteiger partial charge in [0.15, 0.2) is 0 Å². The smallest absolute Gasteiger partial charge is 0.107 e. The molecule has 0 saturated heterocycles. The molecule has 0 saturated carbocycles. The van der Waals surface area contributed by atoms with E-state index in [-0.39, 0.29) is 0 Å². The highest BCUT2D eigenvalue weighted by Crippen LogP contribution is 2.26. The van der Waals surface area contributed by atoms with E-state index < -0.39 is 0 Å². The van der Waals surface area contributed by atoms with E-state index in [0.717, 1.165) is 10.5 Å². The van der Waals surface area contributed by atoms with E-state index in [9.17, 15) is 0 Å². The van der Waals surface area contributed by atoms with Crippen LogP contribution in [0.15, 0.2) is 18.2 Å². The molecule has 86 valence electrons. The van der Waals surface area contributed by atoms with E-state index in [2.05, 4.69) is 49.1 Å².